The summed E-state index contributed by atoms with van der Waals surface area (Å²) < 4.78 is 32.5. The molecule has 1 heterocycles. The van der Waals surface area contributed by atoms with E-state index in [4.69, 9.17) is 4.74 Å². The molecular formula is C15H15NO3S. The lowest BCUT2D eigenvalue weighted by Gasteiger charge is -2.08. The standard InChI is InChI=1S/C15H15NO3S/c17-20(18,16-11-12-4-2-1-3-5-12)14-6-7-15-13(10-14)8-9-19-15/h1-7,10,16H,8-9,11H2. The summed E-state index contributed by atoms with van der Waals surface area (Å²) in [6.07, 6.45) is 0.761. The van der Waals surface area contributed by atoms with E-state index >= 15 is 0 Å². The van der Waals surface area contributed by atoms with Gasteiger partial charge >= 0.3 is 0 Å². The summed E-state index contributed by atoms with van der Waals surface area (Å²) in [5, 5.41) is 0. The van der Waals surface area contributed by atoms with Gasteiger partial charge in [0.2, 0.25) is 10.0 Å². The third-order valence-electron chi connectivity index (χ3n) is 3.28. The molecule has 0 fully saturated rings. The van der Waals surface area contributed by atoms with E-state index in [0.717, 1.165) is 23.3 Å². The van der Waals surface area contributed by atoms with Crippen LogP contribution in [0.25, 0.3) is 0 Å². The monoisotopic (exact) mass is 289 g/mol. The van der Waals surface area contributed by atoms with Gasteiger partial charge in [-0.05, 0) is 29.3 Å². The summed E-state index contributed by atoms with van der Waals surface area (Å²) in [6, 6.07) is 14.4. The molecule has 0 amide bonds. The van der Waals surface area contributed by atoms with Crippen molar-refractivity contribution in [3.8, 4) is 5.75 Å². The van der Waals surface area contributed by atoms with Crippen LogP contribution in [0.1, 0.15) is 11.1 Å². The molecule has 0 aromatic heterocycles. The lowest BCUT2D eigenvalue weighted by atomic mass is 10.2. The average molecular weight is 289 g/mol. The van der Waals surface area contributed by atoms with E-state index in [2.05, 4.69) is 4.72 Å². The fourth-order valence-corrected chi connectivity index (χ4v) is 3.26. The van der Waals surface area contributed by atoms with Crippen molar-refractivity contribution in [2.24, 2.45) is 0 Å². The van der Waals surface area contributed by atoms with Crippen molar-refractivity contribution in [2.45, 2.75) is 17.9 Å². The summed E-state index contributed by atoms with van der Waals surface area (Å²) in [5.74, 6) is 0.784. The van der Waals surface area contributed by atoms with Gasteiger partial charge < -0.3 is 4.74 Å². The van der Waals surface area contributed by atoms with E-state index in [1.165, 1.54) is 0 Å². The lowest BCUT2D eigenvalue weighted by Crippen LogP contribution is -2.23. The van der Waals surface area contributed by atoms with E-state index in [1.54, 1.807) is 18.2 Å². The van der Waals surface area contributed by atoms with Crippen LogP contribution in [-0.4, -0.2) is 15.0 Å². The van der Waals surface area contributed by atoms with Gasteiger partial charge in [-0.25, -0.2) is 13.1 Å². The summed E-state index contributed by atoms with van der Waals surface area (Å²) in [6.45, 7) is 0.910. The van der Waals surface area contributed by atoms with Crippen molar-refractivity contribution in [1.29, 1.82) is 0 Å². The van der Waals surface area contributed by atoms with Gasteiger partial charge in [0.1, 0.15) is 5.75 Å². The van der Waals surface area contributed by atoms with Crippen molar-refractivity contribution < 1.29 is 13.2 Å². The molecule has 0 radical (unpaired) electrons. The van der Waals surface area contributed by atoms with Crippen molar-refractivity contribution in [2.75, 3.05) is 6.61 Å². The first-order valence-corrected chi connectivity index (χ1v) is 7.93. The minimum absolute atomic E-state index is 0.288. The fraction of sp³-hybridized carbons (Fsp3) is 0.200. The minimum Gasteiger partial charge on any atom is -0.493 e. The predicted molar refractivity (Wildman–Crippen MR) is 76.1 cm³/mol. The second kappa shape index (κ2) is 5.26. The van der Waals surface area contributed by atoms with Crippen molar-refractivity contribution in [1.82, 2.24) is 4.72 Å². The maximum Gasteiger partial charge on any atom is 0.240 e. The minimum atomic E-state index is -3.49. The maximum absolute atomic E-state index is 12.3. The summed E-state index contributed by atoms with van der Waals surface area (Å²) in [4.78, 5) is 0.290. The van der Waals surface area contributed by atoms with Crippen LogP contribution >= 0.6 is 0 Å². The van der Waals surface area contributed by atoms with Crippen LogP contribution in [0.3, 0.4) is 0 Å². The quantitative estimate of drug-likeness (QED) is 0.938. The van der Waals surface area contributed by atoms with Crippen molar-refractivity contribution >= 4 is 10.0 Å². The molecule has 1 aliphatic rings. The molecule has 20 heavy (non-hydrogen) atoms. The van der Waals surface area contributed by atoms with E-state index in [9.17, 15) is 8.42 Å². The molecule has 2 aromatic rings. The number of sulfonamides is 1. The Morgan fingerprint density at radius 2 is 1.90 bits per heavy atom. The first kappa shape index (κ1) is 13.1. The van der Waals surface area contributed by atoms with Crippen LogP contribution in [0, 0.1) is 0 Å². The molecule has 104 valence electrons. The van der Waals surface area contributed by atoms with E-state index in [0.29, 0.717) is 6.61 Å². The Kier molecular flexibility index (Phi) is 3.46. The number of hydrogen-bond donors (Lipinski definition) is 1. The Morgan fingerprint density at radius 1 is 1.10 bits per heavy atom. The predicted octanol–water partition coefficient (Wildman–Crippen LogP) is 2.10. The van der Waals surface area contributed by atoms with Crippen LogP contribution in [-0.2, 0) is 23.0 Å². The largest absolute Gasteiger partial charge is 0.493 e. The molecule has 0 atom stereocenters. The van der Waals surface area contributed by atoms with Crippen LogP contribution in [0.2, 0.25) is 0 Å². The zero-order chi connectivity index (χ0) is 14.0. The molecule has 4 nitrogen and oxygen atoms in total. The Morgan fingerprint density at radius 3 is 2.70 bits per heavy atom. The fourth-order valence-electron chi connectivity index (χ4n) is 2.19. The van der Waals surface area contributed by atoms with Gasteiger partial charge in [0.25, 0.3) is 0 Å². The number of fused-ring (bicyclic) bond motifs is 1. The Balaban J connectivity index is 1.78. The number of hydrogen-bond acceptors (Lipinski definition) is 3. The van der Waals surface area contributed by atoms with E-state index < -0.39 is 10.0 Å². The topological polar surface area (TPSA) is 55.4 Å². The second-order valence-electron chi connectivity index (χ2n) is 4.68. The molecule has 0 unspecified atom stereocenters. The van der Waals surface area contributed by atoms with Gasteiger partial charge in [0, 0.05) is 13.0 Å². The molecule has 0 saturated carbocycles. The zero-order valence-electron chi connectivity index (χ0n) is 10.9. The molecule has 0 saturated heterocycles. The number of nitrogens with one attached hydrogen (secondary N) is 1. The highest BCUT2D eigenvalue weighted by Crippen LogP contribution is 2.27. The van der Waals surface area contributed by atoms with Crippen LogP contribution in [0.4, 0.5) is 0 Å². The Labute approximate surface area is 118 Å². The second-order valence-corrected chi connectivity index (χ2v) is 6.45. The molecule has 1 N–H and O–H groups in total. The third kappa shape index (κ3) is 2.69. The van der Waals surface area contributed by atoms with Crippen LogP contribution in [0.15, 0.2) is 53.4 Å². The van der Waals surface area contributed by atoms with Crippen molar-refractivity contribution in [3.63, 3.8) is 0 Å². The third-order valence-corrected chi connectivity index (χ3v) is 4.68. The first-order valence-electron chi connectivity index (χ1n) is 6.44. The molecule has 0 aliphatic carbocycles. The zero-order valence-corrected chi connectivity index (χ0v) is 11.7. The van der Waals surface area contributed by atoms with Gasteiger partial charge in [-0.1, -0.05) is 30.3 Å². The van der Waals surface area contributed by atoms with Gasteiger partial charge in [0.15, 0.2) is 0 Å². The summed E-state index contributed by atoms with van der Waals surface area (Å²) in [7, 11) is -3.49. The van der Waals surface area contributed by atoms with E-state index in [1.807, 2.05) is 30.3 Å². The average Bonchev–Trinajstić information content (AvgIpc) is 2.94. The molecule has 0 bridgehead atoms. The highest BCUT2D eigenvalue weighted by molar-refractivity contribution is 7.89. The SMILES string of the molecule is O=S(=O)(NCc1ccccc1)c1ccc2c(c1)CCO2. The molecule has 5 heteroatoms. The molecule has 1 aliphatic heterocycles. The van der Waals surface area contributed by atoms with Gasteiger partial charge in [-0.2, -0.15) is 0 Å². The lowest BCUT2D eigenvalue weighted by molar-refractivity contribution is 0.356. The Hall–Kier alpha value is -1.85. The van der Waals surface area contributed by atoms with Gasteiger partial charge in [0.05, 0.1) is 11.5 Å². The Bertz CT molecular complexity index is 711. The summed E-state index contributed by atoms with van der Waals surface area (Å²) >= 11 is 0. The van der Waals surface area contributed by atoms with Crippen LogP contribution in [0.5, 0.6) is 5.75 Å². The molecule has 2 aromatic carbocycles. The normalized spacial score (nSPS) is 13.8. The van der Waals surface area contributed by atoms with E-state index in [-0.39, 0.29) is 11.4 Å². The van der Waals surface area contributed by atoms with Gasteiger partial charge in [-0.15, -0.1) is 0 Å². The highest BCUT2D eigenvalue weighted by atomic mass is 32.2. The molecule has 3 rings (SSSR count). The summed E-state index contributed by atoms with van der Waals surface area (Å²) in [5.41, 5.74) is 1.88. The van der Waals surface area contributed by atoms with Gasteiger partial charge in [-0.3, -0.25) is 0 Å². The number of rotatable bonds is 4. The smallest absolute Gasteiger partial charge is 0.240 e. The maximum atomic E-state index is 12.3. The molecular weight excluding hydrogens is 274 g/mol. The highest BCUT2D eigenvalue weighted by Gasteiger charge is 2.18. The molecule has 0 spiro atoms. The number of ether oxygens (including phenoxy) is 1. The van der Waals surface area contributed by atoms with Crippen LogP contribution < -0.4 is 9.46 Å². The first-order chi connectivity index (χ1) is 9.65. The number of benzene rings is 2. The van der Waals surface area contributed by atoms with Crippen molar-refractivity contribution in [3.05, 3.63) is 59.7 Å².